The van der Waals surface area contributed by atoms with Crippen LogP contribution in [0.2, 0.25) is 0 Å². The first kappa shape index (κ1) is 16.2. The number of hydrogen-bond acceptors (Lipinski definition) is 1. The molecular weight excluding hydrogens is 230 g/mol. The third-order valence-corrected chi connectivity index (χ3v) is 3.68. The van der Waals surface area contributed by atoms with E-state index in [2.05, 4.69) is 57.3 Å². The minimum absolute atomic E-state index is 0.778. The van der Waals surface area contributed by atoms with Crippen LogP contribution in [0.3, 0.4) is 0 Å². The van der Waals surface area contributed by atoms with Gasteiger partial charge in [-0.05, 0) is 50.3 Å². The van der Waals surface area contributed by atoms with Crippen LogP contribution in [0.5, 0.6) is 0 Å². The van der Waals surface area contributed by atoms with Crippen molar-refractivity contribution in [2.45, 2.75) is 53.4 Å². The molecule has 0 radical (unpaired) electrons. The average molecular weight is 261 g/mol. The van der Waals surface area contributed by atoms with Crippen molar-refractivity contribution in [2.75, 3.05) is 13.1 Å². The van der Waals surface area contributed by atoms with Gasteiger partial charge in [0.15, 0.2) is 0 Å². The molecule has 0 bridgehead atoms. The van der Waals surface area contributed by atoms with Gasteiger partial charge in [-0.25, -0.2) is 0 Å². The zero-order valence-electron chi connectivity index (χ0n) is 13.2. The molecule has 1 aromatic carbocycles. The third kappa shape index (κ3) is 7.37. The monoisotopic (exact) mass is 261 g/mol. The number of aryl methyl sites for hydroxylation is 1. The van der Waals surface area contributed by atoms with Gasteiger partial charge in [0.25, 0.3) is 0 Å². The summed E-state index contributed by atoms with van der Waals surface area (Å²) in [5, 5.41) is 3.52. The summed E-state index contributed by atoms with van der Waals surface area (Å²) in [4.78, 5) is 0. The van der Waals surface area contributed by atoms with Crippen LogP contribution in [0, 0.1) is 18.8 Å². The first-order chi connectivity index (χ1) is 9.11. The van der Waals surface area contributed by atoms with Gasteiger partial charge in [0.1, 0.15) is 0 Å². The molecule has 0 saturated carbocycles. The summed E-state index contributed by atoms with van der Waals surface area (Å²) >= 11 is 0. The molecule has 1 nitrogen and oxygen atoms in total. The molecule has 0 aliphatic carbocycles. The van der Waals surface area contributed by atoms with Crippen molar-refractivity contribution in [1.82, 2.24) is 5.32 Å². The number of benzene rings is 1. The maximum Gasteiger partial charge on any atom is -0.00175 e. The Bertz CT molecular complexity index is 343. The van der Waals surface area contributed by atoms with Gasteiger partial charge in [0.05, 0.1) is 0 Å². The van der Waals surface area contributed by atoms with Crippen molar-refractivity contribution in [1.29, 1.82) is 0 Å². The predicted octanol–water partition coefficient (Wildman–Crippen LogP) is 4.59. The van der Waals surface area contributed by atoms with Crippen LogP contribution in [-0.4, -0.2) is 13.1 Å². The average Bonchev–Trinajstić information content (AvgIpc) is 2.35. The Morgan fingerprint density at radius 2 is 1.95 bits per heavy atom. The quantitative estimate of drug-likeness (QED) is 0.685. The van der Waals surface area contributed by atoms with Gasteiger partial charge < -0.3 is 5.32 Å². The predicted molar refractivity (Wildman–Crippen MR) is 85.6 cm³/mol. The fraction of sp³-hybridized carbons (Fsp3) is 0.667. The smallest absolute Gasteiger partial charge is 0.00175 e. The first-order valence-electron chi connectivity index (χ1n) is 7.88. The molecule has 0 amide bonds. The van der Waals surface area contributed by atoms with Crippen molar-refractivity contribution in [3.8, 4) is 0 Å². The second-order valence-electron chi connectivity index (χ2n) is 6.19. The van der Waals surface area contributed by atoms with E-state index in [9.17, 15) is 0 Å². The lowest BCUT2D eigenvalue weighted by molar-refractivity contribution is 0.410. The highest BCUT2D eigenvalue weighted by Crippen LogP contribution is 2.17. The van der Waals surface area contributed by atoms with Crippen LogP contribution in [0.15, 0.2) is 24.3 Å². The third-order valence-electron chi connectivity index (χ3n) is 3.68. The fourth-order valence-electron chi connectivity index (χ4n) is 2.61. The molecule has 1 atom stereocenters. The lowest BCUT2D eigenvalue weighted by Gasteiger charge is -2.18. The summed E-state index contributed by atoms with van der Waals surface area (Å²) in [7, 11) is 0. The summed E-state index contributed by atoms with van der Waals surface area (Å²) in [6.07, 6.45) is 5.28. The summed E-state index contributed by atoms with van der Waals surface area (Å²) in [6, 6.07) is 8.97. The molecule has 108 valence electrons. The molecule has 0 aliphatic heterocycles. The maximum absolute atomic E-state index is 3.52. The molecule has 0 aromatic heterocycles. The molecule has 0 heterocycles. The van der Waals surface area contributed by atoms with E-state index >= 15 is 0 Å². The number of hydrogen-bond donors (Lipinski definition) is 1. The van der Waals surface area contributed by atoms with E-state index in [4.69, 9.17) is 0 Å². The lowest BCUT2D eigenvalue weighted by atomic mass is 9.92. The molecular formula is C18H31N. The SMILES string of the molecule is CCNCC(CCCC(C)C)Cc1cccc(C)c1. The molecule has 1 heteroatoms. The van der Waals surface area contributed by atoms with Gasteiger partial charge in [-0.2, -0.15) is 0 Å². The van der Waals surface area contributed by atoms with Gasteiger partial charge in [-0.3, -0.25) is 0 Å². The molecule has 1 N–H and O–H groups in total. The molecule has 0 spiro atoms. The summed E-state index contributed by atoms with van der Waals surface area (Å²) < 4.78 is 0. The van der Waals surface area contributed by atoms with Crippen LogP contribution in [0.1, 0.15) is 51.2 Å². The Hall–Kier alpha value is -0.820. The van der Waals surface area contributed by atoms with Crippen LogP contribution < -0.4 is 5.32 Å². The lowest BCUT2D eigenvalue weighted by Crippen LogP contribution is -2.24. The van der Waals surface area contributed by atoms with Gasteiger partial charge in [-0.1, -0.05) is 63.4 Å². The highest BCUT2D eigenvalue weighted by molar-refractivity contribution is 5.22. The maximum atomic E-state index is 3.52. The van der Waals surface area contributed by atoms with Crippen LogP contribution in [-0.2, 0) is 6.42 Å². The van der Waals surface area contributed by atoms with E-state index in [0.29, 0.717) is 0 Å². The second kappa shape index (κ2) is 9.14. The van der Waals surface area contributed by atoms with E-state index in [1.165, 1.54) is 36.8 Å². The van der Waals surface area contributed by atoms with E-state index in [1.54, 1.807) is 0 Å². The van der Waals surface area contributed by atoms with Gasteiger partial charge in [-0.15, -0.1) is 0 Å². The van der Waals surface area contributed by atoms with Gasteiger partial charge in [0.2, 0.25) is 0 Å². The minimum Gasteiger partial charge on any atom is -0.317 e. The van der Waals surface area contributed by atoms with E-state index < -0.39 is 0 Å². The molecule has 0 saturated heterocycles. The highest BCUT2D eigenvalue weighted by atomic mass is 14.8. The van der Waals surface area contributed by atoms with E-state index in [-0.39, 0.29) is 0 Å². The Balaban J connectivity index is 2.48. The van der Waals surface area contributed by atoms with Gasteiger partial charge in [0, 0.05) is 0 Å². The zero-order valence-corrected chi connectivity index (χ0v) is 13.2. The molecule has 1 unspecified atom stereocenters. The molecule has 19 heavy (non-hydrogen) atoms. The van der Waals surface area contributed by atoms with Crippen molar-refractivity contribution in [3.63, 3.8) is 0 Å². The minimum atomic E-state index is 0.778. The molecule has 0 aliphatic rings. The highest BCUT2D eigenvalue weighted by Gasteiger charge is 2.10. The van der Waals surface area contributed by atoms with Crippen molar-refractivity contribution in [2.24, 2.45) is 11.8 Å². The van der Waals surface area contributed by atoms with Crippen molar-refractivity contribution >= 4 is 0 Å². The Kier molecular flexibility index (Phi) is 7.81. The molecule has 1 rings (SSSR count). The van der Waals surface area contributed by atoms with Crippen LogP contribution >= 0.6 is 0 Å². The van der Waals surface area contributed by atoms with Gasteiger partial charge >= 0.3 is 0 Å². The Labute approximate surface area is 119 Å². The number of nitrogens with one attached hydrogen (secondary N) is 1. The standard InChI is InChI=1S/C18H31N/c1-5-19-14-18(11-6-8-15(2)3)13-17-10-7-9-16(4)12-17/h7,9-10,12,15,18-19H,5-6,8,11,13-14H2,1-4H3. The Morgan fingerprint density at radius 3 is 2.58 bits per heavy atom. The first-order valence-corrected chi connectivity index (χ1v) is 7.88. The van der Waals surface area contributed by atoms with Crippen LogP contribution in [0.25, 0.3) is 0 Å². The summed E-state index contributed by atoms with van der Waals surface area (Å²) in [5.74, 6) is 1.61. The Morgan fingerprint density at radius 1 is 1.16 bits per heavy atom. The summed E-state index contributed by atoms with van der Waals surface area (Å²) in [6.45, 7) is 11.2. The number of rotatable bonds is 9. The van der Waals surface area contributed by atoms with E-state index in [1.807, 2.05) is 0 Å². The van der Waals surface area contributed by atoms with Crippen LogP contribution in [0.4, 0.5) is 0 Å². The van der Waals surface area contributed by atoms with E-state index in [0.717, 1.165) is 24.9 Å². The normalized spacial score (nSPS) is 12.9. The molecule has 1 aromatic rings. The topological polar surface area (TPSA) is 12.0 Å². The molecule has 0 fully saturated rings. The van der Waals surface area contributed by atoms with Crippen molar-refractivity contribution < 1.29 is 0 Å². The summed E-state index contributed by atoms with van der Waals surface area (Å²) in [5.41, 5.74) is 2.87. The zero-order chi connectivity index (χ0) is 14.1. The second-order valence-corrected chi connectivity index (χ2v) is 6.19. The van der Waals surface area contributed by atoms with Crippen molar-refractivity contribution in [3.05, 3.63) is 35.4 Å². The fourth-order valence-corrected chi connectivity index (χ4v) is 2.61. The largest absolute Gasteiger partial charge is 0.317 e.